The van der Waals surface area contributed by atoms with E-state index in [0.717, 1.165) is 37.9 Å². The predicted molar refractivity (Wildman–Crippen MR) is 115 cm³/mol. The molecule has 6 nitrogen and oxygen atoms in total. The third kappa shape index (κ3) is 7.29. The van der Waals surface area contributed by atoms with E-state index in [1.165, 1.54) is 38.9 Å². The molecule has 146 valence electrons. The summed E-state index contributed by atoms with van der Waals surface area (Å²) < 4.78 is 0. The first kappa shape index (κ1) is 22.5. The zero-order valence-electron chi connectivity index (χ0n) is 16.1. The van der Waals surface area contributed by atoms with E-state index < -0.39 is 0 Å². The van der Waals surface area contributed by atoms with Gasteiger partial charge in [-0.25, -0.2) is 0 Å². The molecule has 0 aromatic carbocycles. The molecule has 2 aliphatic heterocycles. The molecule has 2 N–H and O–H groups in total. The summed E-state index contributed by atoms with van der Waals surface area (Å²) in [6, 6.07) is 0.318. The molecule has 1 atom stereocenters. The van der Waals surface area contributed by atoms with Gasteiger partial charge in [-0.1, -0.05) is 13.8 Å². The van der Waals surface area contributed by atoms with Gasteiger partial charge in [0.05, 0.1) is 0 Å². The normalized spacial score (nSPS) is 22.6. The van der Waals surface area contributed by atoms with Crippen molar-refractivity contribution < 1.29 is 4.79 Å². The van der Waals surface area contributed by atoms with Crippen LogP contribution in [0.5, 0.6) is 0 Å². The van der Waals surface area contributed by atoms with Gasteiger partial charge < -0.3 is 20.4 Å². The quantitative estimate of drug-likeness (QED) is 0.358. The summed E-state index contributed by atoms with van der Waals surface area (Å²) in [4.78, 5) is 20.6. The molecular weight excluding hydrogens is 429 g/mol. The molecule has 0 bridgehead atoms. The molecule has 0 radical (unpaired) electrons. The second kappa shape index (κ2) is 11.9. The van der Waals surface area contributed by atoms with Crippen molar-refractivity contribution in [1.29, 1.82) is 0 Å². The van der Waals surface area contributed by atoms with Crippen LogP contribution in [-0.2, 0) is 4.79 Å². The van der Waals surface area contributed by atoms with Crippen molar-refractivity contribution in [1.82, 2.24) is 20.4 Å². The highest BCUT2D eigenvalue weighted by atomic mass is 127. The number of nitrogens with one attached hydrogen (secondary N) is 2. The third-order valence-corrected chi connectivity index (χ3v) is 5.21. The average Bonchev–Trinajstić information content (AvgIpc) is 3.08. The summed E-state index contributed by atoms with van der Waals surface area (Å²) in [6.45, 7) is 10.5. The zero-order chi connectivity index (χ0) is 17.4. The fourth-order valence-corrected chi connectivity index (χ4v) is 3.69. The molecule has 0 saturated carbocycles. The molecule has 0 aromatic heterocycles. The summed E-state index contributed by atoms with van der Waals surface area (Å²) in [7, 11) is 1.82. The van der Waals surface area contributed by atoms with E-state index in [1.807, 2.05) is 18.9 Å². The fraction of sp³-hybridized carbons (Fsp3) is 0.889. The number of hydrogen-bond acceptors (Lipinski definition) is 3. The highest BCUT2D eigenvalue weighted by molar-refractivity contribution is 14.0. The maximum atomic E-state index is 11.8. The molecule has 25 heavy (non-hydrogen) atoms. The Morgan fingerprint density at radius 3 is 2.48 bits per heavy atom. The van der Waals surface area contributed by atoms with E-state index >= 15 is 0 Å². The van der Waals surface area contributed by atoms with Crippen molar-refractivity contribution in [2.75, 3.05) is 46.3 Å². The molecule has 2 fully saturated rings. The Bertz CT molecular complexity index is 424. The van der Waals surface area contributed by atoms with E-state index in [2.05, 4.69) is 27.4 Å². The van der Waals surface area contributed by atoms with Gasteiger partial charge in [-0.3, -0.25) is 9.79 Å². The van der Waals surface area contributed by atoms with E-state index in [4.69, 9.17) is 0 Å². The summed E-state index contributed by atoms with van der Waals surface area (Å²) in [5.41, 5.74) is 0. The van der Waals surface area contributed by atoms with Crippen LogP contribution in [0.25, 0.3) is 0 Å². The van der Waals surface area contributed by atoms with E-state index in [-0.39, 0.29) is 29.9 Å². The average molecular weight is 465 g/mol. The number of aliphatic imine (C=N–C) groups is 1. The Morgan fingerprint density at radius 2 is 1.88 bits per heavy atom. The van der Waals surface area contributed by atoms with Gasteiger partial charge in [-0.15, -0.1) is 24.0 Å². The maximum absolute atomic E-state index is 11.8. The first-order valence-corrected chi connectivity index (χ1v) is 9.63. The number of guanidine groups is 1. The molecule has 2 aliphatic rings. The number of amides is 1. The number of halogens is 1. The second-order valence-corrected chi connectivity index (χ2v) is 7.06. The second-order valence-electron chi connectivity index (χ2n) is 7.06. The Morgan fingerprint density at radius 1 is 1.16 bits per heavy atom. The van der Waals surface area contributed by atoms with Crippen molar-refractivity contribution >= 4 is 35.8 Å². The van der Waals surface area contributed by atoms with Crippen LogP contribution in [0.1, 0.15) is 46.0 Å². The minimum absolute atomic E-state index is 0. The van der Waals surface area contributed by atoms with Gasteiger partial charge in [0.2, 0.25) is 5.91 Å². The Balaban J connectivity index is 0.00000312. The lowest BCUT2D eigenvalue weighted by Gasteiger charge is -2.32. The standard InChI is InChI=1S/C18H35N5O.HI/c1-4-9-22-10-6-15(7-11-22)13-20-18(19-3)21-16-8-12-23(14-16)17(24)5-2;/h15-16H,4-14H2,1-3H3,(H2,19,20,21);1H. The highest BCUT2D eigenvalue weighted by Crippen LogP contribution is 2.16. The number of carbonyl (C=O) groups excluding carboxylic acids is 1. The third-order valence-electron chi connectivity index (χ3n) is 5.21. The molecule has 0 spiro atoms. The highest BCUT2D eigenvalue weighted by Gasteiger charge is 2.26. The van der Waals surface area contributed by atoms with Crippen LogP contribution in [0, 0.1) is 5.92 Å². The van der Waals surface area contributed by atoms with Gasteiger partial charge >= 0.3 is 0 Å². The Labute approximate surface area is 170 Å². The topological polar surface area (TPSA) is 60.0 Å². The van der Waals surface area contributed by atoms with Crippen molar-refractivity contribution in [2.24, 2.45) is 10.9 Å². The van der Waals surface area contributed by atoms with Crippen molar-refractivity contribution in [3.05, 3.63) is 0 Å². The van der Waals surface area contributed by atoms with Crippen LogP contribution in [-0.4, -0.2) is 74.0 Å². The minimum Gasteiger partial charge on any atom is -0.356 e. The molecule has 2 heterocycles. The molecule has 7 heteroatoms. The summed E-state index contributed by atoms with van der Waals surface area (Å²) in [6.07, 6.45) is 5.38. The van der Waals surface area contributed by atoms with Crippen LogP contribution in [0.4, 0.5) is 0 Å². The number of piperidine rings is 1. The van der Waals surface area contributed by atoms with Gasteiger partial charge in [0, 0.05) is 39.1 Å². The molecule has 2 saturated heterocycles. The molecule has 2 rings (SSSR count). The lowest BCUT2D eigenvalue weighted by molar-refractivity contribution is -0.129. The molecule has 1 amide bonds. The number of carbonyl (C=O) groups is 1. The lowest BCUT2D eigenvalue weighted by atomic mass is 9.97. The SMILES string of the molecule is CCCN1CCC(CNC(=NC)NC2CCN(C(=O)CC)C2)CC1.I. The molecular formula is C18H36IN5O. The van der Waals surface area contributed by atoms with Crippen molar-refractivity contribution in [2.45, 2.75) is 52.0 Å². The number of nitrogens with zero attached hydrogens (tertiary/aromatic N) is 3. The fourth-order valence-electron chi connectivity index (χ4n) is 3.69. The summed E-state index contributed by atoms with van der Waals surface area (Å²) in [5, 5.41) is 6.97. The van der Waals surface area contributed by atoms with Gasteiger partial charge in [0.15, 0.2) is 5.96 Å². The number of likely N-dealkylation sites (tertiary alicyclic amines) is 2. The van der Waals surface area contributed by atoms with Crippen LogP contribution in [0.3, 0.4) is 0 Å². The molecule has 0 aliphatic carbocycles. The van der Waals surface area contributed by atoms with Gasteiger partial charge in [0.25, 0.3) is 0 Å². The number of hydrogen-bond donors (Lipinski definition) is 2. The smallest absolute Gasteiger partial charge is 0.222 e. The van der Waals surface area contributed by atoms with E-state index in [1.54, 1.807) is 0 Å². The first-order chi connectivity index (χ1) is 11.7. The zero-order valence-corrected chi connectivity index (χ0v) is 18.4. The van der Waals surface area contributed by atoms with Crippen LogP contribution >= 0.6 is 24.0 Å². The van der Waals surface area contributed by atoms with Gasteiger partial charge in [-0.05, 0) is 51.2 Å². The predicted octanol–water partition coefficient (Wildman–Crippen LogP) is 1.90. The summed E-state index contributed by atoms with van der Waals surface area (Å²) >= 11 is 0. The monoisotopic (exact) mass is 465 g/mol. The van der Waals surface area contributed by atoms with Crippen LogP contribution < -0.4 is 10.6 Å². The molecule has 0 aromatic rings. The van der Waals surface area contributed by atoms with Gasteiger partial charge in [0.1, 0.15) is 0 Å². The van der Waals surface area contributed by atoms with Crippen LogP contribution in [0.2, 0.25) is 0 Å². The minimum atomic E-state index is 0. The van der Waals surface area contributed by atoms with Crippen LogP contribution in [0.15, 0.2) is 4.99 Å². The molecule has 1 unspecified atom stereocenters. The first-order valence-electron chi connectivity index (χ1n) is 9.63. The van der Waals surface area contributed by atoms with Crippen molar-refractivity contribution in [3.8, 4) is 0 Å². The summed E-state index contributed by atoms with van der Waals surface area (Å²) in [5.74, 6) is 1.86. The Kier molecular flexibility index (Phi) is 10.7. The van der Waals surface area contributed by atoms with Gasteiger partial charge in [-0.2, -0.15) is 0 Å². The van der Waals surface area contributed by atoms with E-state index in [0.29, 0.717) is 12.5 Å². The maximum Gasteiger partial charge on any atom is 0.222 e. The lowest BCUT2D eigenvalue weighted by Crippen LogP contribution is -2.47. The van der Waals surface area contributed by atoms with Crippen molar-refractivity contribution in [3.63, 3.8) is 0 Å². The Hall–Kier alpha value is -0.570. The number of rotatable bonds is 6. The van der Waals surface area contributed by atoms with E-state index in [9.17, 15) is 4.79 Å². The largest absolute Gasteiger partial charge is 0.356 e.